The number of nitrogens with one attached hydrogen (secondary N) is 1. The molecule has 0 aliphatic carbocycles. The predicted molar refractivity (Wildman–Crippen MR) is 69.9 cm³/mol. The fourth-order valence-corrected chi connectivity index (χ4v) is 1.92. The Hall–Kier alpha value is -2.77. The number of nitriles is 1. The maximum absolute atomic E-state index is 10.9. The molecule has 102 valence electrons. The van der Waals surface area contributed by atoms with Crippen LogP contribution < -0.4 is 16.0 Å². The van der Waals surface area contributed by atoms with Gasteiger partial charge in [-0.05, 0) is 12.1 Å². The van der Waals surface area contributed by atoms with Gasteiger partial charge < -0.3 is 4.74 Å². The molecule has 0 amide bonds. The van der Waals surface area contributed by atoms with Crippen LogP contribution in [0.3, 0.4) is 0 Å². The Balaban J connectivity index is 2.16. The largest absolute Gasteiger partial charge is 0.479 e. The lowest BCUT2D eigenvalue weighted by molar-refractivity contribution is -0.386. The van der Waals surface area contributed by atoms with Crippen molar-refractivity contribution in [2.45, 2.75) is 6.61 Å². The summed E-state index contributed by atoms with van der Waals surface area (Å²) < 4.78 is 5.33. The van der Waals surface area contributed by atoms with E-state index in [-0.39, 0.29) is 23.6 Å². The molecule has 1 aromatic heterocycles. The van der Waals surface area contributed by atoms with Crippen LogP contribution in [0.5, 0.6) is 5.75 Å². The number of hydrogen-bond acceptors (Lipinski definition) is 9. The highest BCUT2D eigenvalue weighted by molar-refractivity contribution is 7.15. The first-order valence-corrected chi connectivity index (χ1v) is 6.06. The molecule has 9 nitrogen and oxygen atoms in total. The molecule has 1 aromatic carbocycles. The molecule has 0 aliphatic rings. The molecule has 0 spiro atoms. The van der Waals surface area contributed by atoms with Crippen LogP contribution in [0.15, 0.2) is 18.2 Å². The number of rotatable bonds is 5. The van der Waals surface area contributed by atoms with Gasteiger partial charge in [-0.25, -0.2) is 5.84 Å². The fraction of sp³-hybridized carbons (Fsp3) is 0.100. The van der Waals surface area contributed by atoms with Crippen LogP contribution in [0, 0.1) is 21.4 Å². The fourth-order valence-electron chi connectivity index (χ4n) is 1.36. The van der Waals surface area contributed by atoms with Crippen LogP contribution in [-0.4, -0.2) is 15.1 Å². The summed E-state index contributed by atoms with van der Waals surface area (Å²) in [6.45, 7) is 0.0199. The Morgan fingerprint density at radius 1 is 1.55 bits per heavy atom. The minimum Gasteiger partial charge on any atom is -0.479 e. The maximum atomic E-state index is 10.9. The van der Waals surface area contributed by atoms with E-state index in [1.807, 2.05) is 6.07 Å². The third-order valence-corrected chi connectivity index (χ3v) is 3.05. The van der Waals surface area contributed by atoms with Crippen molar-refractivity contribution in [2.75, 3.05) is 5.43 Å². The average Bonchev–Trinajstić information content (AvgIpc) is 2.92. The lowest BCUT2D eigenvalue weighted by Gasteiger charge is -2.04. The SMILES string of the molecule is N#Cc1ccc(OCc2nnc(NN)s2)c([N+](=O)[O-])c1. The molecule has 0 radical (unpaired) electrons. The normalized spacial score (nSPS) is 9.80. The van der Waals surface area contributed by atoms with E-state index < -0.39 is 4.92 Å². The Morgan fingerprint density at radius 2 is 2.35 bits per heavy atom. The molecule has 2 rings (SSSR count). The first kappa shape index (κ1) is 13.7. The van der Waals surface area contributed by atoms with Gasteiger partial charge >= 0.3 is 5.69 Å². The number of nitro groups is 1. The van der Waals surface area contributed by atoms with Crippen LogP contribution in [0.2, 0.25) is 0 Å². The Kier molecular flexibility index (Phi) is 4.04. The average molecular weight is 292 g/mol. The standard InChI is InChI=1S/C10H8N6O3S/c11-4-6-1-2-8(7(3-6)16(17)18)19-5-9-14-15-10(13-12)20-9/h1-3H,5,12H2,(H,13,15). The summed E-state index contributed by atoms with van der Waals surface area (Å²) >= 11 is 1.17. The minimum absolute atomic E-state index is 0.0199. The Morgan fingerprint density at radius 3 is 2.95 bits per heavy atom. The number of aromatic nitrogens is 2. The molecule has 0 bridgehead atoms. The molecule has 2 aromatic rings. The Labute approximate surface area is 116 Å². The van der Waals surface area contributed by atoms with Crippen LogP contribution >= 0.6 is 11.3 Å². The molecule has 0 aliphatic heterocycles. The van der Waals surface area contributed by atoms with Crippen molar-refractivity contribution in [1.82, 2.24) is 10.2 Å². The first-order chi connectivity index (χ1) is 9.63. The van der Waals surface area contributed by atoms with Crippen LogP contribution in [0.25, 0.3) is 0 Å². The highest BCUT2D eigenvalue weighted by Crippen LogP contribution is 2.29. The number of nitrogens with two attached hydrogens (primary N) is 1. The van der Waals surface area contributed by atoms with Crippen molar-refractivity contribution in [3.63, 3.8) is 0 Å². The summed E-state index contributed by atoms with van der Waals surface area (Å²) in [4.78, 5) is 10.3. The van der Waals surface area contributed by atoms with Crippen molar-refractivity contribution in [1.29, 1.82) is 5.26 Å². The van der Waals surface area contributed by atoms with Gasteiger partial charge in [0.1, 0.15) is 6.61 Å². The summed E-state index contributed by atoms with van der Waals surface area (Å²) in [7, 11) is 0. The van der Waals surface area contributed by atoms with Crippen LogP contribution in [0.4, 0.5) is 10.8 Å². The highest BCUT2D eigenvalue weighted by atomic mass is 32.1. The van der Waals surface area contributed by atoms with E-state index in [2.05, 4.69) is 15.6 Å². The number of hydrazine groups is 1. The second kappa shape index (κ2) is 5.91. The predicted octanol–water partition coefficient (Wildman–Crippen LogP) is 1.18. The summed E-state index contributed by atoms with van der Waals surface area (Å²) in [5, 5.41) is 28.1. The van der Waals surface area contributed by atoms with E-state index in [0.29, 0.717) is 10.1 Å². The monoisotopic (exact) mass is 292 g/mol. The van der Waals surface area contributed by atoms with E-state index >= 15 is 0 Å². The number of nitro benzene ring substituents is 1. The van der Waals surface area contributed by atoms with Crippen molar-refractivity contribution < 1.29 is 9.66 Å². The zero-order valence-corrected chi connectivity index (χ0v) is 10.8. The summed E-state index contributed by atoms with van der Waals surface area (Å²) in [6, 6.07) is 5.80. The van der Waals surface area contributed by atoms with E-state index in [9.17, 15) is 10.1 Å². The van der Waals surface area contributed by atoms with Gasteiger partial charge in [0, 0.05) is 6.07 Å². The maximum Gasteiger partial charge on any atom is 0.312 e. The quantitative estimate of drug-likeness (QED) is 0.475. The molecule has 0 unspecified atom stereocenters. The number of hydrogen-bond donors (Lipinski definition) is 2. The van der Waals surface area contributed by atoms with E-state index in [1.54, 1.807) is 0 Å². The second-order valence-electron chi connectivity index (χ2n) is 3.49. The molecular weight excluding hydrogens is 284 g/mol. The lowest BCUT2D eigenvalue weighted by Crippen LogP contribution is -2.05. The van der Waals surface area contributed by atoms with E-state index in [1.165, 1.54) is 23.5 Å². The topological polar surface area (TPSA) is 140 Å². The third-order valence-electron chi connectivity index (χ3n) is 2.23. The number of nitrogens with zero attached hydrogens (tertiary/aromatic N) is 4. The van der Waals surface area contributed by atoms with Gasteiger partial charge in [0.05, 0.1) is 16.6 Å². The first-order valence-electron chi connectivity index (χ1n) is 5.24. The van der Waals surface area contributed by atoms with E-state index in [4.69, 9.17) is 15.8 Å². The van der Waals surface area contributed by atoms with Gasteiger partial charge in [-0.15, -0.1) is 10.2 Å². The molecule has 10 heteroatoms. The molecular formula is C10H8N6O3S. The van der Waals surface area contributed by atoms with Crippen molar-refractivity contribution in [3.05, 3.63) is 38.9 Å². The summed E-state index contributed by atoms with van der Waals surface area (Å²) in [5.41, 5.74) is 2.25. The third kappa shape index (κ3) is 2.97. The van der Waals surface area contributed by atoms with Gasteiger partial charge in [0.15, 0.2) is 10.8 Å². The van der Waals surface area contributed by atoms with Crippen molar-refractivity contribution in [3.8, 4) is 11.8 Å². The van der Waals surface area contributed by atoms with Gasteiger partial charge in [-0.2, -0.15) is 5.26 Å². The van der Waals surface area contributed by atoms with Crippen LogP contribution in [0.1, 0.15) is 10.6 Å². The smallest absolute Gasteiger partial charge is 0.312 e. The number of ether oxygens (including phenoxy) is 1. The van der Waals surface area contributed by atoms with Gasteiger partial charge in [-0.1, -0.05) is 11.3 Å². The molecule has 0 saturated heterocycles. The number of anilines is 1. The minimum atomic E-state index is -0.608. The zero-order valence-electron chi connectivity index (χ0n) is 9.94. The second-order valence-corrected chi connectivity index (χ2v) is 4.55. The van der Waals surface area contributed by atoms with Gasteiger partial charge in [0.2, 0.25) is 5.13 Å². The molecule has 0 fully saturated rings. The zero-order chi connectivity index (χ0) is 14.5. The summed E-state index contributed by atoms with van der Waals surface area (Å²) in [5.74, 6) is 5.22. The highest BCUT2D eigenvalue weighted by Gasteiger charge is 2.16. The number of benzene rings is 1. The lowest BCUT2D eigenvalue weighted by atomic mass is 10.2. The van der Waals surface area contributed by atoms with E-state index in [0.717, 1.165) is 6.07 Å². The molecule has 1 heterocycles. The van der Waals surface area contributed by atoms with Crippen molar-refractivity contribution in [2.24, 2.45) is 5.84 Å². The van der Waals surface area contributed by atoms with Crippen LogP contribution in [-0.2, 0) is 6.61 Å². The van der Waals surface area contributed by atoms with Gasteiger partial charge in [0.25, 0.3) is 0 Å². The molecule has 0 saturated carbocycles. The Bertz CT molecular complexity index is 680. The summed E-state index contributed by atoms with van der Waals surface area (Å²) in [6.07, 6.45) is 0. The molecule has 3 N–H and O–H groups in total. The molecule has 0 atom stereocenters. The van der Waals surface area contributed by atoms with Gasteiger partial charge in [-0.3, -0.25) is 15.5 Å². The van der Waals surface area contributed by atoms with Crippen molar-refractivity contribution >= 4 is 22.2 Å². The number of nitrogen functional groups attached to an aromatic ring is 1. The molecule has 20 heavy (non-hydrogen) atoms.